The van der Waals surface area contributed by atoms with Crippen molar-refractivity contribution in [3.8, 4) is 0 Å². The number of carbonyl (C=O) groups excluding carboxylic acids is 1. The Morgan fingerprint density at radius 2 is 1.89 bits per heavy atom. The Bertz CT molecular complexity index is 993. The van der Waals surface area contributed by atoms with Gasteiger partial charge in [-0.15, -0.1) is 0 Å². The number of carboxylic acids is 1. The Kier molecular flexibility index (Phi) is 5.01. The summed E-state index contributed by atoms with van der Waals surface area (Å²) in [5, 5.41) is 9.29. The molecule has 0 aliphatic heterocycles. The summed E-state index contributed by atoms with van der Waals surface area (Å²) in [6.07, 6.45) is 8.54. The number of nitrogens with one attached hydrogen (secondary N) is 2. The van der Waals surface area contributed by atoms with E-state index in [0.717, 1.165) is 0 Å². The number of fused-ring (bicyclic) bond motifs is 1. The molecule has 0 fully saturated rings. The SMILES string of the molecule is Cc1ccc(NNC2C(=O)C(C(=O)O)=CC3C=CC=CC32)c(S(=O)(=O)O)c1. The molecule has 27 heavy (non-hydrogen) atoms. The zero-order valence-corrected chi connectivity index (χ0v) is 15.1. The molecule has 4 N–H and O–H groups in total. The van der Waals surface area contributed by atoms with E-state index in [4.69, 9.17) is 0 Å². The summed E-state index contributed by atoms with van der Waals surface area (Å²) in [5.41, 5.74) is 5.74. The van der Waals surface area contributed by atoms with Crippen LogP contribution in [0.3, 0.4) is 0 Å². The van der Waals surface area contributed by atoms with Gasteiger partial charge in [-0.05, 0) is 24.6 Å². The fourth-order valence-electron chi connectivity index (χ4n) is 3.20. The number of aryl methyl sites for hydroxylation is 1. The molecule has 0 bridgehead atoms. The molecule has 3 atom stereocenters. The van der Waals surface area contributed by atoms with Gasteiger partial charge in [-0.2, -0.15) is 8.42 Å². The van der Waals surface area contributed by atoms with Crippen LogP contribution in [0.5, 0.6) is 0 Å². The molecular formula is C18H18N2O6S. The second kappa shape index (κ2) is 7.10. The van der Waals surface area contributed by atoms with Gasteiger partial charge in [0, 0.05) is 11.8 Å². The molecule has 142 valence electrons. The molecule has 0 amide bonds. The minimum atomic E-state index is -4.49. The lowest BCUT2D eigenvalue weighted by Gasteiger charge is -2.34. The maximum Gasteiger partial charge on any atom is 0.339 e. The number of ketones is 1. The lowest BCUT2D eigenvalue weighted by atomic mass is 9.74. The van der Waals surface area contributed by atoms with Crippen molar-refractivity contribution < 1.29 is 27.7 Å². The number of anilines is 1. The molecular weight excluding hydrogens is 372 g/mol. The van der Waals surface area contributed by atoms with Gasteiger partial charge in [0.1, 0.15) is 10.5 Å². The van der Waals surface area contributed by atoms with Crippen LogP contribution in [0.15, 0.2) is 59.0 Å². The molecule has 2 aliphatic carbocycles. The number of benzene rings is 1. The van der Waals surface area contributed by atoms with Crippen LogP contribution >= 0.6 is 0 Å². The Morgan fingerprint density at radius 3 is 2.56 bits per heavy atom. The first-order chi connectivity index (χ1) is 12.7. The average molecular weight is 390 g/mol. The molecule has 1 aromatic rings. The maximum absolute atomic E-state index is 12.6. The molecule has 0 spiro atoms. The Hall–Kier alpha value is -2.75. The zero-order valence-electron chi connectivity index (χ0n) is 14.3. The van der Waals surface area contributed by atoms with Crippen LogP contribution in [0.1, 0.15) is 5.56 Å². The smallest absolute Gasteiger partial charge is 0.339 e. The van der Waals surface area contributed by atoms with Gasteiger partial charge in [-0.25, -0.2) is 10.2 Å². The number of carbonyl (C=O) groups is 2. The first-order valence-electron chi connectivity index (χ1n) is 8.12. The highest BCUT2D eigenvalue weighted by Gasteiger charge is 2.40. The number of allylic oxidation sites excluding steroid dienone is 4. The topological polar surface area (TPSA) is 133 Å². The molecule has 8 nitrogen and oxygen atoms in total. The number of carboxylic acid groups (broad SMARTS) is 1. The van der Waals surface area contributed by atoms with E-state index in [1.807, 2.05) is 0 Å². The van der Waals surface area contributed by atoms with Crippen molar-refractivity contribution in [2.75, 3.05) is 5.43 Å². The maximum atomic E-state index is 12.6. The molecule has 3 unspecified atom stereocenters. The minimum Gasteiger partial charge on any atom is -0.478 e. The third kappa shape index (κ3) is 3.85. The van der Waals surface area contributed by atoms with Gasteiger partial charge >= 0.3 is 5.97 Å². The van der Waals surface area contributed by atoms with E-state index in [0.29, 0.717) is 5.56 Å². The summed E-state index contributed by atoms with van der Waals surface area (Å²) in [7, 11) is -4.49. The molecule has 9 heteroatoms. The predicted molar refractivity (Wildman–Crippen MR) is 97.5 cm³/mol. The Morgan fingerprint density at radius 1 is 1.19 bits per heavy atom. The molecule has 0 heterocycles. The van der Waals surface area contributed by atoms with Crippen molar-refractivity contribution in [3.63, 3.8) is 0 Å². The third-order valence-corrected chi connectivity index (χ3v) is 5.42. The summed E-state index contributed by atoms with van der Waals surface area (Å²) < 4.78 is 32.6. The van der Waals surface area contributed by atoms with Gasteiger partial charge in [-0.3, -0.25) is 9.35 Å². The van der Waals surface area contributed by atoms with Crippen molar-refractivity contribution in [3.05, 3.63) is 59.7 Å². The van der Waals surface area contributed by atoms with E-state index in [1.54, 1.807) is 37.3 Å². The summed E-state index contributed by atoms with van der Waals surface area (Å²) in [6, 6.07) is 3.44. The van der Waals surface area contributed by atoms with Crippen LogP contribution in [-0.4, -0.2) is 35.9 Å². The lowest BCUT2D eigenvalue weighted by Crippen LogP contribution is -2.51. The van der Waals surface area contributed by atoms with Crippen molar-refractivity contribution >= 4 is 27.6 Å². The largest absolute Gasteiger partial charge is 0.478 e. The van der Waals surface area contributed by atoms with Gasteiger partial charge in [0.15, 0.2) is 5.78 Å². The van der Waals surface area contributed by atoms with Crippen LogP contribution in [0.25, 0.3) is 0 Å². The van der Waals surface area contributed by atoms with Gasteiger partial charge in [-0.1, -0.05) is 36.4 Å². The van der Waals surface area contributed by atoms with Gasteiger partial charge in [0.2, 0.25) is 0 Å². The standard InChI is InChI=1S/C18H18N2O6S/c1-10-6-7-14(15(8-10)27(24,25)26)19-20-16-12-5-3-2-4-11(12)9-13(17(16)21)18(22)23/h2-9,11-12,16,19-20H,1H3,(H,22,23)(H,24,25,26). The molecule has 0 saturated heterocycles. The van der Waals surface area contributed by atoms with Crippen molar-refractivity contribution in [2.24, 2.45) is 11.8 Å². The van der Waals surface area contributed by atoms with Gasteiger partial charge in [0.25, 0.3) is 10.1 Å². The van der Waals surface area contributed by atoms with Crippen LogP contribution < -0.4 is 10.9 Å². The van der Waals surface area contributed by atoms with Gasteiger partial charge in [0.05, 0.1) is 11.7 Å². The predicted octanol–water partition coefficient (Wildman–Crippen LogP) is 1.48. The number of hydrogen-bond donors (Lipinski definition) is 4. The van der Waals surface area contributed by atoms with E-state index in [2.05, 4.69) is 10.9 Å². The van der Waals surface area contributed by atoms with Crippen LogP contribution in [0.4, 0.5) is 5.69 Å². The first-order valence-corrected chi connectivity index (χ1v) is 9.56. The van der Waals surface area contributed by atoms with Crippen LogP contribution in [0, 0.1) is 18.8 Å². The molecule has 0 aromatic heterocycles. The van der Waals surface area contributed by atoms with E-state index in [9.17, 15) is 27.7 Å². The quantitative estimate of drug-likeness (QED) is 0.338. The summed E-state index contributed by atoms with van der Waals surface area (Å²) >= 11 is 0. The Balaban J connectivity index is 1.91. The average Bonchev–Trinajstić information content (AvgIpc) is 2.60. The molecule has 3 rings (SSSR count). The van der Waals surface area contributed by atoms with Crippen molar-refractivity contribution in [1.82, 2.24) is 5.43 Å². The summed E-state index contributed by atoms with van der Waals surface area (Å²) in [4.78, 5) is 23.6. The van der Waals surface area contributed by atoms with E-state index >= 15 is 0 Å². The monoisotopic (exact) mass is 390 g/mol. The third-order valence-electron chi connectivity index (χ3n) is 4.52. The number of Topliss-reactive ketones (excluding diaryl/α,β-unsaturated/α-hetero) is 1. The highest BCUT2D eigenvalue weighted by molar-refractivity contribution is 7.86. The number of hydrazine groups is 1. The number of aliphatic carboxylic acids is 1. The minimum absolute atomic E-state index is 0.0502. The van der Waals surface area contributed by atoms with Crippen LogP contribution in [-0.2, 0) is 19.7 Å². The summed E-state index contributed by atoms with van der Waals surface area (Å²) in [5.74, 6) is -2.55. The number of hydrogen-bond acceptors (Lipinski definition) is 6. The fourth-order valence-corrected chi connectivity index (χ4v) is 3.93. The Labute approximate surface area is 156 Å². The molecule has 2 aliphatic rings. The molecule has 1 aromatic carbocycles. The van der Waals surface area contributed by atoms with Crippen LogP contribution in [0.2, 0.25) is 0 Å². The molecule has 0 saturated carbocycles. The lowest BCUT2D eigenvalue weighted by molar-refractivity contribution is -0.135. The number of rotatable bonds is 5. The first kappa shape index (κ1) is 19.0. The van der Waals surface area contributed by atoms with E-state index in [-0.39, 0.29) is 28.0 Å². The normalized spacial score (nSPS) is 24.3. The second-order valence-electron chi connectivity index (χ2n) is 6.40. The highest BCUT2D eigenvalue weighted by atomic mass is 32.2. The second-order valence-corrected chi connectivity index (χ2v) is 7.79. The van der Waals surface area contributed by atoms with Crippen molar-refractivity contribution in [1.29, 1.82) is 0 Å². The zero-order chi connectivity index (χ0) is 19.8. The van der Waals surface area contributed by atoms with Crippen molar-refractivity contribution in [2.45, 2.75) is 17.9 Å². The highest BCUT2D eigenvalue weighted by Crippen LogP contribution is 2.32. The fraction of sp³-hybridized carbons (Fsp3) is 0.222. The van der Waals surface area contributed by atoms with E-state index in [1.165, 1.54) is 18.2 Å². The van der Waals surface area contributed by atoms with E-state index < -0.39 is 27.9 Å². The molecule has 0 radical (unpaired) electrons. The van der Waals surface area contributed by atoms with Gasteiger partial charge < -0.3 is 10.5 Å². The summed E-state index contributed by atoms with van der Waals surface area (Å²) in [6.45, 7) is 1.67.